The Balaban J connectivity index is 2.05. The van der Waals surface area contributed by atoms with Gasteiger partial charge >= 0.3 is 0 Å². The van der Waals surface area contributed by atoms with Crippen molar-refractivity contribution in [3.05, 3.63) is 47.4 Å². The fraction of sp³-hybridized carbons (Fsp3) is 0.0909. The van der Waals surface area contributed by atoms with Crippen LogP contribution < -0.4 is 5.73 Å². The second-order valence-corrected chi connectivity index (χ2v) is 4.59. The molecule has 0 fully saturated rings. The van der Waals surface area contributed by atoms with Crippen LogP contribution in [0.4, 0.5) is 5.69 Å². The molecule has 0 aliphatic heterocycles. The van der Waals surface area contributed by atoms with Crippen molar-refractivity contribution in [2.24, 2.45) is 0 Å². The molecule has 0 aliphatic carbocycles. The van der Waals surface area contributed by atoms with Gasteiger partial charge in [-0.15, -0.1) is 11.8 Å². The highest BCUT2D eigenvalue weighted by atomic mass is 35.5. The van der Waals surface area contributed by atoms with E-state index in [4.69, 9.17) is 17.3 Å². The van der Waals surface area contributed by atoms with Crippen LogP contribution in [0.3, 0.4) is 0 Å². The minimum absolute atomic E-state index is 0.679. The molecule has 82 valence electrons. The second-order valence-electron chi connectivity index (χ2n) is 3.18. The van der Waals surface area contributed by atoms with Crippen molar-refractivity contribution in [3.8, 4) is 0 Å². The van der Waals surface area contributed by atoms with E-state index in [0.29, 0.717) is 10.7 Å². The average molecular weight is 252 g/mol. The van der Waals surface area contributed by atoms with Crippen molar-refractivity contribution >= 4 is 29.1 Å². The Bertz CT molecular complexity index is 476. The summed E-state index contributed by atoms with van der Waals surface area (Å²) in [7, 11) is 0. The molecule has 0 aliphatic rings. The Morgan fingerprint density at radius 1 is 1.31 bits per heavy atom. The standard InChI is InChI=1S/C11H10ClN3S/c12-10-5-9(13)2-1-8(10)7-16-11-6-14-3-4-15-11/h1-6H,7,13H2. The molecule has 1 aromatic carbocycles. The van der Waals surface area contributed by atoms with Crippen LogP contribution in [-0.4, -0.2) is 9.97 Å². The zero-order valence-electron chi connectivity index (χ0n) is 8.43. The molecule has 0 unspecified atom stereocenters. The zero-order valence-corrected chi connectivity index (χ0v) is 10.0. The summed E-state index contributed by atoms with van der Waals surface area (Å²) in [6, 6.07) is 5.54. The summed E-state index contributed by atoms with van der Waals surface area (Å²) in [5.41, 5.74) is 7.35. The molecule has 2 rings (SSSR count). The van der Waals surface area contributed by atoms with Gasteiger partial charge < -0.3 is 5.73 Å². The maximum Gasteiger partial charge on any atom is 0.115 e. The van der Waals surface area contributed by atoms with Gasteiger partial charge in [-0.05, 0) is 17.7 Å². The molecule has 5 heteroatoms. The number of nitrogens with two attached hydrogens (primary N) is 1. The SMILES string of the molecule is Nc1ccc(CSc2cnccn2)c(Cl)c1. The van der Waals surface area contributed by atoms with E-state index in [0.717, 1.165) is 16.3 Å². The molecule has 0 amide bonds. The van der Waals surface area contributed by atoms with Gasteiger partial charge in [-0.3, -0.25) is 4.98 Å². The number of halogens is 1. The van der Waals surface area contributed by atoms with Gasteiger partial charge in [0, 0.05) is 28.9 Å². The van der Waals surface area contributed by atoms with E-state index in [9.17, 15) is 0 Å². The average Bonchev–Trinajstić information content (AvgIpc) is 2.29. The van der Waals surface area contributed by atoms with E-state index in [1.807, 2.05) is 12.1 Å². The number of nitrogens with zero attached hydrogens (tertiary/aromatic N) is 2. The van der Waals surface area contributed by atoms with Crippen LogP contribution in [-0.2, 0) is 5.75 Å². The first-order valence-corrected chi connectivity index (χ1v) is 6.05. The Labute approximate surface area is 103 Å². The second kappa shape index (κ2) is 5.18. The summed E-state index contributed by atoms with van der Waals surface area (Å²) < 4.78 is 0. The third-order valence-electron chi connectivity index (χ3n) is 1.99. The quantitative estimate of drug-likeness (QED) is 0.673. The number of benzene rings is 1. The number of aromatic nitrogens is 2. The van der Waals surface area contributed by atoms with Crippen LogP contribution in [0.5, 0.6) is 0 Å². The highest BCUT2D eigenvalue weighted by Crippen LogP contribution is 2.26. The number of anilines is 1. The first-order valence-electron chi connectivity index (χ1n) is 4.68. The molecule has 1 heterocycles. The largest absolute Gasteiger partial charge is 0.399 e. The van der Waals surface area contributed by atoms with Crippen LogP contribution in [0.15, 0.2) is 41.8 Å². The van der Waals surface area contributed by atoms with Crippen LogP contribution >= 0.6 is 23.4 Å². The highest BCUT2D eigenvalue weighted by molar-refractivity contribution is 7.98. The number of nitrogen functional groups attached to an aromatic ring is 1. The van der Waals surface area contributed by atoms with Crippen molar-refractivity contribution < 1.29 is 0 Å². The predicted molar refractivity (Wildman–Crippen MR) is 67.5 cm³/mol. The molecule has 0 spiro atoms. The number of rotatable bonds is 3. The lowest BCUT2D eigenvalue weighted by atomic mass is 10.2. The van der Waals surface area contributed by atoms with Crippen LogP contribution in [0.2, 0.25) is 5.02 Å². The molecule has 3 nitrogen and oxygen atoms in total. The molecule has 16 heavy (non-hydrogen) atoms. The summed E-state index contributed by atoms with van der Waals surface area (Å²) in [5.74, 6) is 0.762. The fourth-order valence-corrected chi connectivity index (χ4v) is 2.35. The maximum absolute atomic E-state index is 6.07. The lowest BCUT2D eigenvalue weighted by molar-refractivity contribution is 1.05. The van der Waals surface area contributed by atoms with Crippen molar-refractivity contribution in [2.45, 2.75) is 10.8 Å². The van der Waals surface area contributed by atoms with Crippen molar-refractivity contribution in [1.82, 2.24) is 9.97 Å². The molecule has 0 saturated carbocycles. The summed E-state index contributed by atoms with van der Waals surface area (Å²) in [6.07, 6.45) is 5.06. The van der Waals surface area contributed by atoms with Gasteiger partial charge in [0.1, 0.15) is 5.03 Å². The highest BCUT2D eigenvalue weighted by Gasteiger charge is 2.02. The van der Waals surface area contributed by atoms with Gasteiger partial charge in [-0.2, -0.15) is 0 Å². The lowest BCUT2D eigenvalue weighted by Gasteiger charge is -2.04. The van der Waals surface area contributed by atoms with Crippen LogP contribution in [0.1, 0.15) is 5.56 Å². The van der Waals surface area contributed by atoms with E-state index in [2.05, 4.69) is 9.97 Å². The van der Waals surface area contributed by atoms with E-state index in [-0.39, 0.29) is 0 Å². The first-order chi connectivity index (χ1) is 7.75. The number of thioether (sulfide) groups is 1. The smallest absolute Gasteiger partial charge is 0.115 e. The molecule has 0 bridgehead atoms. The first kappa shape index (κ1) is 11.2. The Hall–Kier alpha value is -1.26. The third-order valence-corrected chi connectivity index (χ3v) is 3.31. The van der Waals surface area contributed by atoms with Gasteiger partial charge in [0.15, 0.2) is 0 Å². The van der Waals surface area contributed by atoms with Crippen molar-refractivity contribution in [1.29, 1.82) is 0 Å². The Kier molecular flexibility index (Phi) is 3.64. The summed E-state index contributed by atoms with van der Waals surface area (Å²) in [5, 5.41) is 1.58. The Morgan fingerprint density at radius 2 is 2.19 bits per heavy atom. The topological polar surface area (TPSA) is 51.8 Å². The van der Waals surface area contributed by atoms with Crippen LogP contribution in [0, 0.1) is 0 Å². The Morgan fingerprint density at radius 3 is 2.88 bits per heavy atom. The van der Waals surface area contributed by atoms with Gasteiger partial charge in [0.05, 0.1) is 6.20 Å². The van der Waals surface area contributed by atoms with Gasteiger partial charge in [-0.1, -0.05) is 17.7 Å². The minimum atomic E-state index is 0.679. The molecule has 0 atom stereocenters. The van der Waals surface area contributed by atoms with Crippen LogP contribution in [0.25, 0.3) is 0 Å². The summed E-state index contributed by atoms with van der Waals surface area (Å²) in [4.78, 5) is 8.17. The van der Waals surface area contributed by atoms with Crippen molar-refractivity contribution in [3.63, 3.8) is 0 Å². The summed E-state index contributed by atoms with van der Waals surface area (Å²) >= 11 is 7.66. The van der Waals surface area contributed by atoms with E-state index < -0.39 is 0 Å². The third kappa shape index (κ3) is 2.87. The van der Waals surface area contributed by atoms with Crippen molar-refractivity contribution in [2.75, 3.05) is 5.73 Å². The maximum atomic E-state index is 6.07. The molecule has 0 saturated heterocycles. The summed E-state index contributed by atoms with van der Waals surface area (Å²) in [6.45, 7) is 0. The normalized spacial score (nSPS) is 10.3. The molecular formula is C11H10ClN3S. The molecule has 0 radical (unpaired) electrons. The zero-order chi connectivity index (χ0) is 11.4. The van der Waals surface area contributed by atoms with Gasteiger partial charge in [0.2, 0.25) is 0 Å². The van der Waals surface area contributed by atoms with Gasteiger partial charge in [0.25, 0.3) is 0 Å². The van der Waals surface area contributed by atoms with E-state index >= 15 is 0 Å². The molecule has 2 aromatic rings. The van der Waals surface area contributed by atoms with Gasteiger partial charge in [-0.25, -0.2) is 4.98 Å². The molecule has 1 aromatic heterocycles. The number of hydrogen-bond acceptors (Lipinski definition) is 4. The lowest BCUT2D eigenvalue weighted by Crippen LogP contribution is -1.88. The minimum Gasteiger partial charge on any atom is -0.399 e. The number of hydrogen-bond donors (Lipinski definition) is 1. The van der Waals surface area contributed by atoms with E-state index in [1.165, 1.54) is 0 Å². The molecule has 2 N–H and O–H groups in total. The monoisotopic (exact) mass is 251 g/mol. The fourth-order valence-electron chi connectivity index (χ4n) is 1.19. The van der Waals surface area contributed by atoms with E-state index in [1.54, 1.807) is 36.4 Å². The molecular weight excluding hydrogens is 242 g/mol. The predicted octanol–water partition coefficient (Wildman–Crippen LogP) is 3.00.